The van der Waals surface area contributed by atoms with Crippen molar-refractivity contribution in [2.24, 2.45) is 5.92 Å². The first-order chi connectivity index (χ1) is 13.9. The second-order valence-electron chi connectivity index (χ2n) is 8.37. The van der Waals surface area contributed by atoms with Gasteiger partial charge in [-0.1, -0.05) is 41.5 Å². The molecule has 0 unspecified atom stereocenters. The fraction of sp³-hybridized carbons (Fsp3) is 0.545. The molecule has 2 aromatic rings. The fourth-order valence-electron chi connectivity index (χ4n) is 2.93. The third kappa shape index (κ3) is 6.24. The zero-order chi connectivity index (χ0) is 22.6. The number of benzene rings is 1. The number of rotatable bonds is 7. The number of halogens is 3. The largest absolute Gasteiger partial charge is 0.444 e. The summed E-state index contributed by atoms with van der Waals surface area (Å²) < 4.78 is 45.5. The van der Waals surface area contributed by atoms with Crippen molar-refractivity contribution < 1.29 is 22.7 Å². The van der Waals surface area contributed by atoms with Crippen molar-refractivity contribution in [3.8, 4) is 0 Å². The molecule has 8 heteroatoms. The summed E-state index contributed by atoms with van der Waals surface area (Å²) in [7, 11) is 0. The van der Waals surface area contributed by atoms with Gasteiger partial charge in [-0.05, 0) is 48.1 Å². The smallest absolute Gasteiger partial charge is 0.416 e. The standard InChI is InChI=1S/C22H30F3N3O2/c1-13(2)18-11-19(14(3)4)28(27-18)12-20(15(5)6)30-21(29)26-17-9-7-16(8-10-17)22(23,24)25/h7-11,13-15,20H,12H2,1-6H3,(H,26,29)/t20-/m0/s1. The number of carbonyl (C=O) groups excluding carboxylic acids is 1. The van der Waals surface area contributed by atoms with Crippen LogP contribution in [-0.2, 0) is 17.5 Å². The number of aromatic nitrogens is 2. The first kappa shape index (κ1) is 23.8. The molecule has 0 aliphatic heterocycles. The maximum absolute atomic E-state index is 12.7. The second kappa shape index (κ2) is 9.53. The van der Waals surface area contributed by atoms with E-state index in [2.05, 4.69) is 44.2 Å². The van der Waals surface area contributed by atoms with Crippen LogP contribution in [0.3, 0.4) is 0 Å². The molecule has 0 radical (unpaired) electrons. The number of hydrogen-bond acceptors (Lipinski definition) is 3. The van der Waals surface area contributed by atoms with E-state index < -0.39 is 23.9 Å². The monoisotopic (exact) mass is 425 g/mol. The zero-order valence-electron chi connectivity index (χ0n) is 18.2. The Morgan fingerprint density at radius 2 is 1.67 bits per heavy atom. The van der Waals surface area contributed by atoms with Gasteiger partial charge in [0.1, 0.15) is 6.10 Å². The molecule has 1 aromatic carbocycles. The van der Waals surface area contributed by atoms with Gasteiger partial charge in [-0.2, -0.15) is 18.3 Å². The molecule has 1 aromatic heterocycles. The van der Waals surface area contributed by atoms with Gasteiger partial charge < -0.3 is 4.74 Å². The number of nitrogens with zero attached hydrogens (tertiary/aromatic N) is 2. The molecule has 166 valence electrons. The van der Waals surface area contributed by atoms with E-state index in [1.54, 1.807) is 0 Å². The van der Waals surface area contributed by atoms with Crippen LogP contribution in [0.25, 0.3) is 0 Å². The third-order valence-corrected chi connectivity index (χ3v) is 4.83. The van der Waals surface area contributed by atoms with Crippen LogP contribution < -0.4 is 5.32 Å². The molecule has 0 fully saturated rings. The second-order valence-corrected chi connectivity index (χ2v) is 8.37. The van der Waals surface area contributed by atoms with Gasteiger partial charge in [-0.3, -0.25) is 10.00 Å². The lowest BCUT2D eigenvalue weighted by molar-refractivity contribution is -0.137. The van der Waals surface area contributed by atoms with E-state index in [9.17, 15) is 18.0 Å². The van der Waals surface area contributed by atoms with Crippen LogP contribution in [-0.4, -0.2) is 22.0 Å². The molecule has 0 saturated carbocycles. The first-order valence-electron chi connectivity index (χ1n) is 10.1. The zero-order valence-corrected chi connectivity index (χ0v) is 18.2. The van der Waals surface area contributed by atoms with Gasteiger partial charge >= 0.3 is 12.3 Å². The molecule has 2 rings (SSSR count). The van der Waals surface area contributed by atoms with Gasteiger partial charge in [0.05, 0.1) is 17.8 Å². The van der Waals surface area contributed by atoms with E-state index in [4.69, 9.17) is 4.74 Å². The molecular formula is C22H30F3N3O2. The summed E-state index contributed by atoms with van der Waals surface area (Å²) in [5, 5.41) is 7.17. The Labute approximate surface area is 175 Å². The molecule has 1 amide bonds. The highest BCUT2D eigenvalue weighted by atomic mass is 19.4. The van der Waals surface area contributed by atoms with Crippen LogP contribution in [0.4, 0.5) is 23.7 Å². The Bertz CT molecular complexity index is 840. The molecule has 5 nitrogen and oxygen atoms in total. The van der Waals surface area contributed by atoms with Gasteiger partial charge in [-0.25, -0.2) is 4.79 Å². The van der Waals surface area contributed by atoms with Crippen molar-refractivity contribution in [1.29, 1.82) is 0 Å². The molecule has 1 heterocycles. The van der Waals surface area contributed by atoms with Crippen molar-refractivity contribution >= 4 is 11.8 Å². The highest BCUT2D eigenvalue weighted by Gasteiger charge is 2.30. The Kier molecular flexibility index (Phi) is 7.55. The number of carbonyl (C=O) groups is 1. The normalized spacial score (nSPS) is 13.2. The van der Waals surface area contributed by atoms with Gasteiger partial charge in [-0.15, -0.1) is 0 Å². The fourth-order valence-corrected chi connectivity index (χ4v) is 2.93. The number of alkyl halides is 3. The summed E-state index contributed by atoms with van der Waals surface area (Å²) in [4.78, 5) is 12.3. The van der Waals surface area contributed by atoms with Gasteiger partial charge in [0, 0.05) is 11.4 Å². The predicted octanol–water partition coefficient (Wildman–Crippen LogP) is 6.42. The molecule has 30 heavy (non-hydrogen) atoms. The van der Waals surface area contributed by atoms with Crippen molar-refractivity contribution in [1.82, 2.24) is 9.78 Å². The Hall–Kier alpha value is -2.51. The summed E-state index contributed by atoms with van der Waals surface area (Å²) in [6.07, 6.45) is -5.58. The van der Waals surface area contributed by atoms with E-state index in [0.717, 1.165) is 23.5 Å². The first-order valence-corrected chi connectivity index (χ1v) is 10.1. The van der Waals surface area contributed by atoms with Crippen LogP contribution in [0.15, 0.2) is 30.3 Å². The third-order valence-electron chi connectivity index (χ3n) is 4.83. The minimum atomic E-state index is -4.42. The Balaban J connectivity index is 2.10. The summed E-state index contributed by atoms with van der Waals surface area (Å²) in [5.41, 5.74) is 1.51. The molecule has 0 saturated heterocycles. The molecule has 0 aliphatic carbocycles. The summed E-state index contributed by atoms with van der Waals surface area (Å²) in [6.45, 7) is 12.6. The number of amides is 1. The average Bonchev–Trinajstić information content (AvgIpc) is 3.05. The minimum Gasteiger partial charge on any atom is -0.444 e. The average molecular weight is 425 g/mol. The number of anilines is 1. The Morgan fingerprint density at radius 3 is 2.13 bits per heavy atom. The van der Waals surface area contributed by atoms with Crippen LogP contribution in [0.2, 0.25) is 0 Å². The maximum Gasteiger partial charge on any atom is 0.416 e. The predicted molar refractivity (Wildman–Crippen MR) is 111 cm³/mol. The van der Waals surface area contributed by atoms with Gasteiger partial charge in [0.25, 0.3) is 0 Å². The van der Waals surface area contributed by atoms with Gasteiger partial charge in [0.2, 0.25) is 0 Å². The quantitative estimate of drug-likeness (QED) is 0.557. The van der Waals surface area contributed by atoms with Gasteiger partial charge in [0.15, 0.2) is 0 Å². The maximum atomic E-state index is 12.7. The van der Waals surface area contributed by atoms with Crippen LogP contribution in [0.1, 0.15) is 70.3 Å². The van der Waals surface area contributed by atoms with Crippen LogP contribution in [0.5, 0.6) is 0 Å². The van der Waals surface area contributed by atoms with E-state index in [-0.39, 0.29) is 23.4 Å². The van der Waals surface area contributed by atoms with E-state index in [0.29, 0.717) is 6.54 Å². The molecule has 0 aliphatic rings. The summed E-state index contributed by atoms with van der Waals surface area (Å²) in [6, 6.07) is 6.32. The van der Waals surface area contributed by atoms with Crippen molar-refractivity contribution in [2.75, 3.05) is 5.32 Å². The van der Waals surface area contributed by atoms with Crippen molar-refractivity contribution in [3.05, 3.63) is 47.3 Å². The number of hydrogen-bond donors (Lipinski definition) is 1. The molecule has 0 spiro atoms. The lowest BCUT2D eigenvalue weighted by Gasteiger charge is -2.23. The van der Waals surface area contributed by atoms with E-state index >= 15 is 0 Å². The van der Waals surface area contributed by atoms with Crippen molar-refractivity contribution in [2.45, 2.75) is 72.2 Å². The van der Waals surface area contributed by atoms with Crippen molar-refractivity contribution in [3.63, 3.8) is 0 Å². The SMILES string of the molecule is CC(C)c1cc(C(C)C)n(C[C@H](OC(=O)Nc2ccc(C(F)(F)F)cc2)C(C)C)n1. The van der Waals surface area contributed by atoms with Crippen LogP contribution >= 0.6 is 0 Å². The highest BCUT2D eigenvalue weighted by molar-refractivity contribution is 5.84. The number of ether oxygens (including phenoxy) is 1. The molecule has 1 atom stereocenters. The number of nitrogens with one attached hydrogen (secondary N) is 1. The van der Waals surface area contributed by atoms with E-state index in [1.807, 2.05) is 18.5 Å². The van der Waals surface area contributed by atoms with E-state index in [1.165, 1.54) is 12.1 Å². The summed E-state index contributed by atoms with van der Waals surface area (Å²) in [5.74, 6) is 0.569. The minimum absolute atomic E-state index is 0.0232. The lowest BCUT2D eigenvalue weighted by Crippen LogP contribution is -2.31. The molecular weight excluding hydrogens is 395 g/mol. The highest BCUT2D eigenvalue weighted by Crippen LogP contribution is 2.30. The molecule has 0 bridgehead atoms. The lowest BCUT2D eigenvalue weighted by atomic mass is 10.1. The summed E-state index contributed by atoms with van der Waals surface area (Å²) >= 11 is 0. The van der Waals surface area contributed by atoms with Crippen LogP contribution in [0, 0.1) is 5.92 Å². The topological polar surface area (TPSA) is 56.1 Å². The Morgan fingerprint density at radius 1 is 1.07 bits per heavy atom. The molecule has 1 N–H and O–H groups in total.